The minimum atomic E-state index is -0.160. The van der Waals surface area contributed by atoms with Crippen LogP contribution >= 0.6 is 0 Å². The van der Waals surface area contributed by atoms with Crippen LogP contribution in [0, 0.1) is 11.8 Å². The lowest BCUT2D eigenvalue weighted by atomic mass is 9.62. The van der Waals surface area contributed by atoms with Gasteiger partial charge in [-0.1, -0.05) is 36.4 Å². The molecule has 2 aromatic carbocycles. The van der Waals surface area contributed by atoms with E-state index in [1.165, 1.54) is 36.2 Å². The average molecular weight is 403 g/mol. The Labute approximate surface area is 178 Å². The summed E-state index contributed by atoms with van der Waals surface area (Å²) in [6, 6.07) is 17.9. The highest BCUT2D eigenvalue weighted by Gasteiger charge is 2.59. The molecule has 0 aliphatic carbocycles. The predicted molar refractivity (Wildman–Crippen MR) is 119 cm³/mol. The Hall–Kier alpha value is -2.30. The molecule has 0 amide bonds. The maximum absolute atomic E-state index is 6.84. The van der Waals surface area contributed by atoms with Gasteiger partial charge in [0.2, 0.25) is 0 Å². The summed E-state index contributed by atoms with van der Waals surface area (Å²) in [5.74, 6) is 2.26. The van der Waals surface area contributed by atoms with E-state index in [4.69, 9.17) is 9.47 Å². The van der Waals surface area contributed by atoms with E-state index in [1.807, 2.05) is 6.07 Å². The second kappa shape index (κ2) is 6.86. The number of nitrogens with one attached hydrogen (secondary N) is 1. The molecule has 7 unspecified atom stereocenters. The number of methoxy groups -OCH3 is 1. The second-order valence-electron chi connectivity index (χ2n) is 9.39. The molecule has 30 heavy (non-hydrogen) atoms. The lowest BCUT2D eigenvalue weighted by Crippen LogP contribution is -2.60. The lowest BCUT2D eigenvalue weighted by Gasteiger charge is -2.53. The van der Waals surface area contributed by atoms with E-state index in [0.717, 1.165) is 24.6 Å². The first-order chi connectivity index (χ1) is 14.7. The van der Waals surface area contributed by atoms with Crippen molar-refractivity contribution in [2.75, 3.05) is 25.5 Å². The minimum absolute atomic E-state index is 0.0490. The molecular weight excluding hydrogens is 372 g/mol. The highest BCUT2D eigenvalue weighted by molar-refractivity contribution is 5.65. The summed E-state index contributed by atoms with van der Waals surface area (Å²) in [7, 11) is 1.75. The SMILES string of the molecule is C=CC1CN2CCC1CC2C1OC2CC1(c1ccccc1)c1cc(OC)ccc1N2. The molecule has 5 aliphatic heterocycles. The van der Waals surface area contributed by atoms with E-state index < -0.39 is 0 Å². The van der Waals surface area contributed by atoms with Crippen LogP contribution in [0.15, 0.2) is 61.2 Å². The standard InChI is InChI=1S/C26H30N2O2/c1-3-17-16-28-12-11-18(17)13-23(28)25-26(19-7-5-4-6-8-19)15-24(30-25)27-22-10-9-20(29-2)14-21(22)26/h3-10,14,17-18,23-25,27H,1,11-13,15-16H2,2H3. The molecule has 1 N–H and O–H groups in total. The first-order valence-corrected chi connectivity index (χ1v) is 11.3. The van der Waals surface area contributed by atoms with Gasteiger partial charge in [-0.25, -0.2) is 0 Å². The van der Waals surface area contributed by atoms with E-state index in [1.54, 1.807) is 7.11 Å². The van der Waals surface area contributed by atoms with Gasteiger partial charge in [0.1, 0.15) is 12.0 Å². The normalized spacial score (nSPS) is 38.6. The van der Waals surface area contributed by atoms with Crippen LogP contribution < -0.4 is 10.1 Å². The Morgan fingerprint density at radius 2 is 2.10 bits per heavy atom. The summed E-state index contributed by atoms with van der Waals surface area (Å²) >= 11 is 0. The van der Waals surface area contributed by atoms with E-state index in [9.17, 15) is 0 Å². The quantitative estimate of drug-likeness (QED) is 0.768. The van der Waals surface area contributed by atoms with Crippen molar-refractivity contribution in [1.29, 1.82) is 0 Å². The summed E-state index contributed by atoms with van der Waals surface area (Å²) in [4.78, 5) is 2.68. The summed E-state index contributed by atoms with van der Waals surface area (Å²) in [6.45, 7) is 6.40. The van der Waals surface area contributed by atoms with Crippen molar-refractivity contribution in [1.82, 2.24) is 4.90 Å². The molecule has 0 radical (unpaired) electrons. The number of rotatable bonds is 4. The van der Waals surface area contributed by atoms with Crippen LogP contribution in [0.5, 0.6) is 5.75 Å². The number of benzene rings is 2. The molecular formula is C26H30N2O2. The monoisotopic (exact) mass is 402 g/mol. The smallest absolute Gasteiger partial charge is 0.129 e. The third-order valence-corrected chi connectivity index (χ3v) is 8.12. The van der Waals surface area contributed by atoms with Gasteiger partial charge in [-0.05, 0) is 60.5 Å². The van der Waals surface area contributed by atoms with E-state index in [0.29, 0.717) is 12.0 Å². The van der Waals surface area contributed by atoms with Crippen molar-refractivity contribution in [3.8, 4) is 5.75 Å². The number of ether oxygens (including phenoxy) is 2. The van der Waals surface area contributed by atoms with Crippen LogP contribution in [0.25, 0.3) is 0 Å². The molecule has 7 atom stereocenters. The Morgan fingerprint density at radius 3 is 2.83 bits per heavy atom. The fourth-order valence-corrected chi connectivity index (χ4v) is 6.70. The van der Waals surface area contributed by atoms with Gasteiger partial charge in [-0.2, -0.15) is 0 Å². The molecule has 0 spiro atoms. The van der Waals surface area contributed by atoms with Gasteiger partial charge in [-0.15, -0.1) is 6.58 Å². The lowest BCUT2D eigenvalue weighted by molar-refractivity contribution is -0.0744. The van der Waals surface area contributed by atoms with Crippen LogP contribution in [0.2, 0.25) is 0 Å². The highest BCUT2D eigenvalue weighted by atomic mass is 16.5. The van der Waals surface area contributed by atoms with Crippen molar-refractivity contribution < 1.29 is 9.47 Å². The largest absolute Gasteiger partial charge is 0.497 e. The molecule has 156 valence electrons. The first-order valence-electron chi connectivity index (χ1n) is 11.3. The van der Waals surface area contributed by atoms with Crippen molar-refractivity contribution >= 4 is 5.69 Å². The molecule has 4 nitrogen and oxygen atoms in total. The fourth-order valence-electron chi connectivity index (χ4n) is 6.70. The third-order valence-electron chi connectivity index (χ3n) is 8.12. The fraction of sp³-hybridized carbons (Fsp3) is 0.462. The molecule has 4 saturated heterocycles. The maximum atomic E-state index is 6.84. The van der Waals surface area contributed by atoms with Gasteiger partial charge >= 0.3 is 0 Å². The molecule has 4 fully saturated rings. The zero-order valence-electron chi connectivity index (χ0n) is 17.6. The van der Waals surface area contributed by atoms with Crippen LogP contribution in [0.4, 0.5) is 5.69 Å². The minimum Gasteiger partial charge on any atom is -0.497 e. The van der Waals surface area contributed by atoms with Crippen molar-refractivity contribution in [2.24, 2.45) is 11.8 Å². The summed E-state index contributed by atoms with van der Waals surface area (Å²) in [5, 5.41) is 3.65. The summed E-state index contributed by atoms with van der Waals surface area (Å²) < 4.78 is 12.5. The Kier molecular flexibility index (Phi) is 4.22. The maximum Gasteiger partial charge on any atom is 0.129 e. The number of hydrogen-bond donors (Lipinski definition) is 1. The van der Waals surface area contributed by atoms with Gasteiger partial charge in [-0.3, -0.25) is 4.90 Å². The predicted octanol–water partition coefficient (Wildman–Crippen LogP) is 4.42. The summed E-state index contributed by atoms with van der Waals surface area (Å²) in [5.41, 5.74) is 3.69. The van der Waals surface area contributed by atoms with Crippen LogP contribution in [-0.2, 0) is 10.2 Å². The zero-order chi connectivity index (χ0) is 20.3. The van der Waals surface area contributed by atoms with Gasteiger partial charge in [0.25, 0.3) is 0 Å². The second-order valence-corrected chi connectivity index (χ2v) is 9.39. The van der Waals surface area contributed by atoms with Crippen LogP contribution in [0.3, 0.4) is 0 Å². The molecule has 2 aromatic rings. The third kappa shape index (κ3) is 2.53. The van der Waals surface area contributed by atoms with Crippen molar-refractivity contribution in [3.63, 3.8) is 0 Å². The van der Waals surface area contributed by atoms with Crippen molar-refractivity contribution in [3.05, 3.63) is 72.3 Å². The van der Waals surface area contributed by atoms with Gasteiger partial charge < -0.3 is 14.8 Å². The number of piperidine rings is 3. The van der Waals surface area contributed by atoms with E-state index in [2.05, 4.69) is 65.3 Å². The van der Waals surface area contributed by atoms with E-state index in [-0.39, 0.29) is 17.7 Å². The van der Waals surface area contributed by atoms with Crippen LogP contribution in [-0.4, -0.2) is 43.5 Å². The van der Waals surface area contributed by atoms with Crippen molar-refractivity contribution in [2.45, 2.75) is 43.1 Å². The van der Waals surface area contributed by atoms with Gasteiger partial charge in [0.15, 0.2) is 0 Å². The average Bonchev–Trinajstić information content (AvgIpc) is 3.14. The Morgan fingerprint density at radius 1 is 1.23 bits per heavy atom. The van der Waals surface area contributed by atoms with Gasteiger partial charge in [0.05, 0.1) is 18.6 Å². The van der Waals surface area contributed by atoms with Crippen LogP contribution in [0.1, 0.15) is 30.4 Å². The zero-order valence-corrected chi connectivity index (χ0v) is 17.6. The number of anilines is 1. The molecule has 4 bridgehead atoms. The first kappa shape index (κ1) is 18.5. The highest BCUT2D eigenvalue weighted by Crippen LogP contribution is 2.56. The number of hydrogen-bond acceptors (Lipinski definition) is 4. The Bertz CT molecular complexity index is 961. The molecule has 4 heteroatoms. The molecule has 0 saturated carbocycles. The molecule has 5 heterocycles. The Balaban J connectivity index is 1.50. The van der Waals surface area contributed by atoms with Gasteiger partial charge in [0, 0.05) is 24.7 Å². The molecule has 7 rings (SSSR count). The number of fused-ring (bicyclic) bond motifs is 7. The molecule has 0 aromatic heterocycles. The number of nitrogens with zero attached hydrogens (tertiary/aromatic N) is 1. The topological polar surface area (TPSA) is 33.7 Å². The van der Waals surface area contributed by atoms with E-state index >= 15 is 0 Å². The molecule has 5 aliphatic rings. The summed E-state index contributed by atoms with van der Waals surface area (Å²) in [6.07, 6.45) is 5.79.